The quantitative estimate of drug-likeness (QED) is 0.0781. The summed E-state index contributed by atoms with van der Waals surface area (Å²) < 4.78 is 0. The Morgan fingerprint density at radius 2 is 1.47 bits per heavy atom. The summed E-state index contributed by atoms with van der Waals surface area (Å²) in [5, 5.41) is 26.6. The molecule has 17 heteroatoms. The molecule has 0 aromatic carbocycles. The molecule has 0 aliphatic heterocycles. The maximum atomic E-state index is 12.4. The van der Waals surface area contributed by atoms with Gasteiger partial charge in [-0.2, -0.15) is 12.6 Å². The van der Waals surface area contributed by atoms with E-state index in [9.17, 15) is 33.9 Å². The van der Waals surface area contributed by atoms with Gasteiger partial charge >= 0.3 is 5.97 Å². The summed E-state index contributed by atoms with van der Waals surface area (Å²) in [4.78, 5) is 70.6. The zero-order chi connectivity index (χ0) is 29.1. The number of amides is 5. The first-order valence-corrected chi connectivity index (χ1v) is 11.7. The number of carbonyl (C=O) groups excluding carboxylic acids is 5. The van der Waals surface area contributed by atoms with Gasteiger partial charge in [-0.05, 0) is 19.7 Å². The van der Waals surface area contributed by atoms with Crippen molar-refractivity contribution in [2.24, 2.45) is 5.73 Å². The maximum Gasteiger partial charge on any atom is 0.310 e. The number of carboxylic acids is 1. The van der Waals surface area contributed by atoms with Crippen LogP contribution in [0.4, 0.5) is 0 Å². The average molecular weight is 530 g/mol. The molecule has 0 aromatic rings. The van der Waals surface area contributed by atoms with E-state index in [1.807, 2.05) is 13.8 Å². The standard InChI is InChI=1S/C16H26B2N6O8.C2H6.CH4S/c1-3-20-5-11(27)22-9(6-25)13(29)21-7(2)12(28)23-8(4-10(19)26)14(30)24-16(17,18)15(31)32;2*1-2/h7-9,20,25H,3-6H2,1-2H3,(H2,19,26)(H,21,29)(H,22,27)(H,23,28)(H,24,30)(H,31,32);1-2H3;2H,1H3/t7-,8-,9?;;/m0../s1. The van der Waals surface area contributed by atoms with Crippen molar-refractivity contribution in [2.75, 3.05) is 26.0 Å². The zero-order valence-corrected chi connectivity index (χ0v) is 22.0. The number of rotatable bonds is 14. The Hall–Kier alpha value is -2.78. The molecule has 0 saturated heterocycles. The summed E-state index contributed by atoms with van der Waals surface area (Å²) in [6, 6.07) is -4.31. The van der Waals surface area contributed by atoms with E-state index in [1.54, 1.807) is 18.5 Å². The summed E-state index contributed by atoms with van der Waals surface area (Å²) in [5.41, 5.74) is 5.03. The summed E-state index contributed by atoms with van der Waals surface area (Å²) in [5.74, 6) is -6.45. The Morgan fingerprint density at radius 3 is 1.89 bits per heavy atom. The normalized spacial score (nSPS) is 12.5. The van der Waals surface area contributed by atoms with Crippen LogP contribution in [0.25, 0.3) is 0 Å². The number of aliphatic carboxylic acids is 1. The molecule has 0 bridgehead atoms. The minimum absolute atomic E-state index is 0.0969. The number of hydrogen-bond donors (Lipinski definition) is 9. The van der Waals surface area contributed by atoms with Crippen molar-refractivity contribution in [1.29, 1.82) is 0 Å². The van der Waals surface area contributed by atoms with Gasteiger partial charge in [0.05, 0.1) is 24.9 Å². The molecular formula is C19H36B2N6O8S. The molecule has 0 heterocycles. The van der Waals surface area contributed by atoms with E-state index < -0.39 is 72.0 Å². The van der Waals surface area contributed by atoms with Crippen LogP contribution in [-0.2, 0) is 28.8 Å². The number of aliphatic hydroxyl groups excluding tert-OH is 1. The van der Waals surface area contributed by atoms with Crippen LogP contribution >= 0.6 is 12.6 Å². The third kappa shape index (κ3) is 16.0. The summed E-state index contributed by atoms with van der Waals surface area (Å²) in [6.07, 6.45) is 0.966. The van der Waals surface area contributed by atoms with Crippen LogP contribution in [-0.4, -0.2) is 111 Å². The molecule has 0 fully saturated rings. The lowest BCUT2D eigenvalue weighted by Gasteiger charge is -2.27. The lowest BCUT2D eigenvalue weighted by Crippen LogP contribution is -2.62. The largest absolute Gasteiger partial charge is 0.481 e. The highest BCUT2D eigenvalue weighted by molar-refractivity contribution is 7.79. The molecule has 1 unspecified atom stereocenters. The van der Waals surface area contributed by atoms with E-state index in [0.717, 1.165) is 0 Å². The first-order chi connectivity index (χ1) is 16.7. The number of likely N-dealkylation sites (N-methyl/N-ethyl adjacent to an activating group) is 1. The number of aliphatic hydroxyl groups is 1. The van der Waals surface area contributed by atoms with Gasteiger partial charge in [0.2, 0.25) is 29.5 Å². The van der Waals surface area contributed by atoms with Gasteiger partial charge in [0.15, 0.2) is 0 Å². The topological polar surface area (TPSA) is 229 Å². The first kappa shape index (κ1) is 37.8. The fourth-order valence-electron chi connectivity index (χ4n) is 2.11. The van der Waals surface area contributed by atoms with Crippen molar-refractivity contribution >= 4 is 63.8 Å². The van der Waals surface area contributed by atoms with Crippen LogP contribution in [0, 0.1) is 0 Å². The van der Waals surface area contributed by atoms with Crippen molar-refractivity contribution in [3.8, 4) is 0 Å². The Labute approximate surface area is 218 Å². The molecule has 0 aliphatic carbocycles. The van der Waals surface area contributed by atoms with Crippen LogP contribution in [0.1, 0.15) is 34.1 Å². The number of nitrogens with one attached hydrogen (secondary N) is 5. The zero-order valence-electron chi connectivity index (χ0n) is 21.1. The monoisotopic (exact) mass is 530 g/mol. The third-order valence-electron chi connectivity index (χ3n) is 3.84. The molecule has 0 aromatic heterocycles. The van der Waals surface area contributed by atoms with Crippen LogP contribution in [0.15, 0.2) is 0 Å². The SMILES string of the molecule is CC.CS.[B]C([B])(NC(=O)[C@H](CC(N)=O)NC(=O)[C@H](C)NC(=O)C(CO)NC(=O)CNCC)C(=O)O. The molecule has 202 valence electrons. The number of hydrogen-bond acceptors (Lipinski definition) is 9. The first-order valence-electron chi connectivity index (χ1n) is 10.8. The second-order valence-corrected chi connectivity index (χ2v) is 6.71. The molecule has 0 spiro atoms. The molecule has 0 saturated carbocycles. The van der Waals surface area contributed by atoms with E-state index in [0.29, 0.717) is 6.54 Å². The van der Waals surface area contributed by atoms with Crippen molar-refractivity contribution in [1.82, 2.24) is 26.6 Å². The van der Waals surface area contributed by atoms with Gasteiger partial charge in [-0.3, -0.25) is 28.8 Å². The minimum atomic E-state index is -2.68. The molecule has 0 aliphatic rings. The van der Waals surface area contributed by atoms with Gasteiger partial charge in [-0.25, -0.2) is 0 Å². The van der Waals surface area contributed by atoms with Gasteiger partial charge in [0, 0.05) is 0 Å². The highest BCUT2D eigenvalue weighted by Crippen LogP contribution is 1.99. The van der Waals surface area contributed by atoms with Gasteiger partial charge in [0.25, 0.3) is 0 Å². The average Bonchev–Trinajstić information content (AvgIpc) is 2.82. The number of carbonyl (C=O) groups is 6. The van der Waals surface area contributed by atoms with E-state index in [4.69, 9.17) is 26.5 Å². The second kappa shape index (κ2) is 20.4. The molecule has 14 nitrogen and oxygen atoms in total. The Kier molecular flexibility index (Phi) is 21.4. The van der Waals surface area contributed by atoms with Gasteiger partial charge < -0.3 is 42.5 Å². The molecule has 5 amide bonds. The van der Waals surface area contributed by atoms with Crippen LogP contribution < -0.4 is 32.3 Å². The molecule has 36 heavy (non-hydrogen) atoms. The number of thiol groups is 1. The second-order valence-electron chi connectivity index (χ2n) is 6.71. The number of primary amides is 1. The Morgan fingerprint density at radius 1 is 0.944 bits per heavy atom. The number of nitrogens with two attached hydrogens (primary N) is 1. The van der Waals surface area contributed by atoms with E-state index in [-0.39, 0.29) is 6.54 Å². The van der Waals surface area contributed by atoms with Crippen LogP contribution in [0.2, 0.25) is 0 Å². The van der Waals surface area contributed by atoms with Crippen molar-refractivity contribution in [3.63, 3.8) is 0 Å². The van der Waals surface area contributed by atoms with Crippen molar-refractivity contribution in [3.05, 3.63) is 0 Å². The summed E-state index contributed by atoms with van der Waals surface area (Å²) in [7, 11) is 10.4. The smallest absolute Gasteiger partial charge is 0.310 e. The number of carboxylic acid groups (broad SMARTS) is 1. The minimum Gasteiger partial charge on any atom is -0.481 e. The van der Waals surface area contributed by atoms with E-state index >= 15 is 0 Å². The fraction of sp³-hybridized carbons (Fsp3) is 0.684. The predicted molar refractivity (Wildman–Crippen MR) is 137 cm³/mol. The summed E-state index contributed by atoms with van der Waals surface area (Å²) in [6.45, 7) is 6.63. The molecule has 9 N–H and O–H groups in total. The molecule has 3 atom stereocenters. The van der Waals surface area contributed by atoms with Crippen LogP contribution in [0.5, 0.6) is 0 Å². The lowest BCUT2D eigenvalue weighted by atomic mass is 9.62. The third-order valence-corrected chi connectivity index (χ3v) is 3.84. The maximum absolute atomic E-state index is 12.4. The lowest BCUT2D eigenvalue weighted by molar-refractivity contribution is -0.141. The Bertz CT molecular complexity index is 745. The van der Waals surface area contributed by atoms with Crippen molar-refractivity contribution in [2.45, 2.75) is 57.6 Å². The van der Waals surface area contributed by atoms with Gasteiger partial charge in [0.1, 0.15) is 33.8 Å². The predicted octanol–water partition coefficient (Wildman–Crippen LogP) is -4.30. The van der Waals surface area contributed by atoms with Gasteiger partial charge in [-0.1, -0.05) is 20.8 Å². The van der Waals surface area contributed by atoms with Crippen molar-refractivity contribution < 1.29 is 39.0 Å². The van der Waals surface area contributed by atoms with E-state index in [1.165, 1.54) is 6.92 Å². The molecular weight excluding hydrogens is 494 g/mol. The molecule has 4 radical (unpaired) electrons. The Balaban J connectivity index is -0.00000258. The summed E-state index contributed by atoms with van der Waals surface area (Å²) >= 11 is 3.53. The highest BCUT2D eigenvalue weighted by Gasteiger charge is 2.33. The van der Waals surface area contributed by atoms with Crippen LogP contribution in [0.3, 0.4) is 0 Å². The fourth-order valence-corrected chi connectivity index (χ4v) is 2.11. The van der Waals surface area contributed by atoms with E-state index in [2.05, 4.69) is 33.9 Å². The highest BCUT2D eigenvalue weighted by atomic mass is 32.1. The van der Waals surface area contributed by atoms with Gasteiger partial charge in [-0.15, -0.1) is 0 Å². The molecule has 0 rings (SSSR count).